The highest BCUT2D eigenvalue weighted by Gasteiger charge is 2.46. The van der Waals surface area contributed by atoms with Crippen LogP contribution in [0, 0.1) is 11.8 Å². The molecule has 0 aromatic heterocycles. The molecule has 0 saturated carbocycles. The van der Waals surface area contributed by atoms with Gasteiger partial charge in [0.25, 0.3) is 0 Å². The molecule has 4 bridgehead atoms. The number of hydrogen-bond donors (Lipinski definition) is 1. The summed E-state index contributed by atoms with van der Waals surface area (Å²) < 4.78 is 13.4. The van der Waals surface area contributed by atoms with Crippen LogP contribution in [0.1, 0.15) is 116 Å². The lowest BCUT2D eigenvalue weighted by molar-refractivity contribution is -0.245. The molecule has 0 aliphatic carbocycles. The van der Waals surface area contributed by atoms with Crippen LogP contribution in [0.4, 0.5) is 0 Å². The molecule has 5 rings (SSSR count). The molecule has 5 aliphatic rings. The molecular formula is C29H52N2O3. The monoisotopic (exact) mass is 476 g/mol. The largest absolute Gasteiger partial charge is 0.386 e. The zero-order chi connectivity index (χ0) is 23.4. The van der Waals surface area contributed by atoms with Crippen molar-refractivity contribution < 1.29 is 14.6 Å². The Hall–Kier alpha value is -0.200. The maximum Gasteiger partial charge on any atom is 0.140 e. The van der Waals surface area contributed by atoms with Gasteiger partial charge in [-0.3, -0.25) is 9.80 Å². The summed E-state index contributed by atoms with van der Waals surface area (Å²) in [4.78, 5) is 5.12. The molecular weight excluding hydrogens is 424 g/mol. The van der Waals surface area contributed by atoms with Gasteiger partial charge in [-0.2, -0.15) is 0 Å². The Morgan fingerprint density at radius 2 is 1.38 bits per heavy atom. The quantitative estimate of drug-likeness (QED) is 0.486. The minimum absolute atomic E-state index is 0.0618. The minimum Gasteiger partial charge on any atom is -0.386 e. The van der Waals surface area contributed by atoms with Crippen molar-refractivity contribution in [2.45, 2.75) is 146 Å². The smallest absolute Gasteiger partial charge is 0.140 e. The summed E-state index contributed by atoms with van der Waals surface area (Å²) >= 11 is 0. The highest BCUT2D eigenvalue weighted by atomic mass is 16.5. The zero-order valence-corrected chi connectivity index (χ0v) is 22.0. The fourth-order valence-electron chi connectivity index (χ4n) is 7.85. The lowest BCUT2D eigenvalue weighted by Gasteiger charge is -2.51. The topological polar surface area (TPSA) is 45.2 Å². The second-order valence-corrected chi connectivity index (χ2v) is 12.5. The predicted molar refractivity (Wildman–Crippen MR) is 137 cm³/mol. The minimum atomic E-state index is -0.641. The predicted octanol–water partition coefficient (Wildman–Crippen LogP) is 5.70. The van der Waals surface area contributed by atoms with Gasteiger partial charge in [0.05, 0.1) is 12.2 Å². The molecule has 7 atom stereocenters. The lowest BCUT2D eigenvalue weighted by atomic mass is 9.84. The van der Waals surface area contributed by atoms with E-state index in [1.165, 1.54) is 90.1 Å². The van der Waals surface area contributed by atoms with Gasteiger partial charge in [-0.25, -0.2) is 0 Å². The fourth-order valence-corrected chi connectivity index (χ4v) is 7.85. The molecule has 0 radical (unpaired) electrons. The van der Waals surface area contributed by atoms with E-state index in [1.54, 1.807) is 0 Å². The molecule has 5 nitrogen and oxygen atoms in total. The summed E-state index contributed by atoms with van der Waals surface area (Å²) in [5.41, 5.74) is -0.641. The molecule has 5 saturated heterocycles. The molecule has 0 aromatic rings. The summed E-state index contributed by atoms with van der Waals surface area (Å²) in [6.07, 6.45) is 21.7. The summed E-state index contributed by atoms with van der Waals surface area (Å²) in [5, 5.41) is 11.6. The van der Waals surface area contributed by atoms with Gasteiger partial charge in [-0.15, -0.1) is 0 Å². The first-order chi connectivity index (χ1) is 16.6. The number of rotatable bonds is 0. The van der Waals surface area contributed by atoms with Gasteiger partial charge in [0, 0.05) is 26.2 Å². The third-order valence-corrected chi connectivity index (χ3v) is 9.86. The third kappa shape index (κ3) is 6.02. The Kier molecular flexibility index (Phi) is 8.91. The molecule has 5 fully saturated rings. The Morgan fingerprint density at radius 1 is 0.676 bits per heavy atom. The van der Waals surface area contributed by atoms with Crippen molar-refractivity contribution >= 4 is 0 Å². The van der Waals surface area contributed by atoms with Crippen LogP contribution in [0.25, 0.3) is 0 Å². The number of hydrogen-bond acceptors (Lipinski definition) is 5. The first-order valence-corrected chi connectivity index (χ1v) is 15.1. The average Bonchev–Trinajstić information content (AvgIpc) is 2.83. The number of nitrogens with zero attached hydrogens (tertiary/aromatic N) is 2. The first kappa shape index (κ1) is 25.4. The summed E-state index contributed by atoms with van der Waals surface area (Å²) in [5.74, 6) is 1.39. The van der Waals surface area contributed by atoms with Gasteiger partial charge in [-0.1, -0.05) is 58.3 Å². The van der Waals surface area contributed by atoms with E-state index in [9.17, 15) is 5.11 Å². The molecule has 34 heavy (non-hydrogen) atoms. The molecule has 5 aliphatic heterocycles. The molecule has 5 heteroatoms. The third-order valence-electron chi connectivity index (χ3n) is 9.86. The number of piperidine rings is 2. The van der Waals surface area contributed by atoms with Gasteiger partial charge in [0.1, 0.15) is 18.1 Å². The molecule has 1 N–H and O–H groups in total. The lowest BCUT2D eigenvalue weighted by Crippen LogP contribution is -2.61. The molecule has 0 unspecified atom stereocenters. The van der Waals surface area contributed by atoms with Crippen LogP contribution in [0.2, 0.25) is 0 Å². The maximum absolute atomic E-state index is 11.6. The number of aliphatic hydroxyl groups is 1. The van der Waals surface area contributed by atoms with Crippen molar-refractivity contribution in [1.29, 1.82) is 0 Å². The normalized spacial score (nSPS) is 44.3. The van der Waals surface area contributed by atoms with E-state index in [0.29, 0.717) is 24.4 Å². The van der Waals surface area contributed by atoms with Gasteiger partial charge in [-0.05, 0) is 69.6 Å². The Bertz CT molecular complexity index is 632. The fraction of sp³-hybridized carbons (Fsp3) is 1.00. The van der Waals surface area contributed by atoms with Crippen LogP contribution in [0.5, 0.6) is 0 Å². The first-order valence-electron chi connectivity index (χ1n) is 15.1. The van der Waals surface area contributed by atoms with Crippen LogP contribution in [-0.4, -0.2) is 71.4 Å². The SMILES string of the molecule is C[C@@H]1CN2CCC[C@@H]3CCCCCC[C@H]4CCN5CCC[C@@](O)(CCCCCC[C@@H]1O[C@H]32)[C@H]5O4. The van der Waals surface area contributed by atoms with Crippen LogP contribution < -0.4 is 0 Å². The van der Waals surface area contributed by atoms with Crippen molar-refractivity contribution in [3.8, 4) is 0 Å². The van der Waals surface area contributed by atoms with Crippen molar-refractivity contribution in [1.82, 2.24) is 9.80 Å². The maximum atomic E-state index is 11.6. The summed E-state index contributed by atoms with van der Waals surface area (Å²) in [6, 6.07) is 0. The van der Waals surface area contributed by atoms with E-state index >= 15 is 0 Å². The summed E-state index contributed by atoms with van der Waals surface area (Å²) in [6.45, 7) is 7.08. The molecule has 196 valence electrons. The van der Waals surface area contributed by atoms with Crippen LogP contribution in [0.3, 0.4) is 0 Å². The van der Waals surface area contributed by atoms with Crippen molar-refractivity contribution in [3.63, 3.8) is 0 Å². The van der Waals surface area contributed by atoms with E-state index < -0.39 is 5.60 Å². The summed E-state index contributed by atoms with van der Waals surface area (Å²) in [7, 11) is 0. The van der Waals surface area contributed by atoms with Crippen molar-refractivity contribution in [3.05, 3.63) is 0 Å². The van der Waals surface area contributed by atoms with E-state index in [4.69, 9.17) is 9.47 Å². The van der Waals surface area contributed by atoms with Crippen molar-refractivity contribution in [2.24, 2.45) is 11.8 Å². The van der Waals surface area contributed by atoms with Gasteiger partial charge >= 0.3 is 0 Å². The zero-order valence-electron chi connectivity index (χ0n) is 22.0. The van der Waals surface area contributed by atoms with E-state index in [0.717, 1.165) is 51.1 Å². The standard InChI is InChI=1S/C29H52N2O3/c1-23-22-31-19-10-13-24-12-6-2-3-7-14-25-16-21-30-20-11-18-29(32,28(30)33-25)17-9-5-4-8-15-26(23)34-27(24)31/h23-28,32H,2-22H2,1H3/t23-,24+,25+,26+,27-,28-,29+/m1/s1. The van der Waals surface area contributed by atoms with E-state index in [2.05, 4.69) is 16.7 Å². The molecule has 0 aromatic carbocycles. The highest BCUT2D eigenvalue weighted by molar-refractivity contribution is 4.95. The average molecular weight is 477 g/mol. The van der Waals surface area contributed by atoms with Crippen LogP contribution in [-0.2, 0) is 9.47 Å². The molecule has 0 spiro atoms. The van der Waals surface area contributed by atoms with Gasteiger partial charge in [0.15, 0.2) is 0 Å². The number of fused-ring (bicyclic) bond motifs is 2. The Balaban J connectivity index is 1.20. The Morgan fingerprint density at radius 3 is 2.26 bits per heavy atom. The molecule has 5 heterocycles. The van der Waals surface area contributed by atoms with Crippen LogP contribution in [0.15, 0.2) is 0 Å². The number of ether oxygens (including phenoxy) is 2. The van der Waals surface area contributed by atoms with Crippen molar-refractivity contribution in [2.75, 3.05) is 26.2 Å². The Labute approximate surface area is 208 Å². The highest BCUT2D eigenvalue weighted by Crippen LogP contribution is 2.39. The van der Waals surface area contributed by atoms with Gasteiger partial charge in [0.2, 0.25) is 0 Å². The van der Waals surface area contributed by atoms with Gasteiger partial charge < -0.3 is 14.6 Å². The van der Waals surface area contributed by atoms with E-state index in [1.807, 2.05) is 0 Å². The second kappa shape index (κ2) is 11.9. The molecule has 0 amide bonds. The van der Waals surface area contributed by atoms with E-state index in [-0.39, 0.29) is 6.23 Å². The second-order valence-electron chi connectivity index (χ2n) is 12.5. The van der Waals surface area contributed by atoms with Crippen LogP contribution >= 0.6 is 0 Å².